The van der Waals surface area contributed by atoms with Crippen molar-refractivity contribution in [3.63, 3.8) is 0 Å². The molecule has 1 saturated heterocycles. The zero-order valence-electron chi connectivity index (χ0n) is 24.6. The second-order valence-electron chi connectivity index (χ2n) is 13.0. The van der Waals surface area contributed by atoms with Crippen LogP contribution in [0.15, 0.2) is 44.4 Å². The highest BCUT2D eigenvalue weighted by molar-refractivity contribution is 6.76. The molecule has 0 bridgehead atoms. The van der Waals surface area contributed by atoms with E-state index in [1.54, 1.807) is 0 Å². The molecular formula is C29H45ClN4O4Si. The Morgan fingerprint density at radius 3 is 2.54 bits per heavy atom. The number of rotatable bonds is 7. The summed E-state index contributed by atoms with van der Waals surface area (Å²) in [6, 6.07) is 1.29. The summed E-state index contributed by atoms with van der Waals surface area (Å²) < 4.78 is 18.3. The van der Waals surface area contributed by atoms with Crippen molar-refractivity contribution >= 4 is 37.5 Å². The van der Waals surface area contributed by atoms with E-state index in [1.165, 1.54) is 6.42 Å². The van der Waals surface area contributed by atoms with Crippen molar-refractivity contribution in [1.82, 2.24) is 9.80 Å². The van der Waals surface area contributed by atoms with Gasteiger partial charge in [0.15, 0.2) is 6.17 Å². The molecule has 3 unspecified atom stereocenters. The van der Waals surface area contributed by atoms with Crippen molar-refractivity contribution in [2.75, 3.05) is 26.4 Å². The van der Waals surface area contributed by atoms with Gasteiger partial charge >= 0.3 is 5.97 Å². The van der Waals surface area contributed by atoms with Gasteiger partial charge in [0.1, 0.15) is 30.3 Å². The number of ether oxygens (including phenoxy) is 3. The molecule has 0 amide bonds. The number of likely N-dealkylation sites (tertiary alicyclic amines) is 1. The van der Waals surface area contributed by atoms with E-state index < -0.39 is 13.7 Å². The Morgan fingerprint density at radius 1 is 1.15 bits per heavy atom. The number of amidine groups is 2. The first-order chi connectivity index (χ1) is 18.3. The molecule has 3 heterocycles. The molecule has 0 radical (unpaired) electrons. The van der Waals surface area contributed by atoms with E-state index in [2.05, 4.69) is 24.5 Å². The highest BCUT2D eigenvalue weighted by atomic mass is 35.5. The molecular weight excluding hydrogens is 532 g/mol. The van der Waals surface area contributed by atoms with E-state index in [4.69, 9.17) is 35.8 Å². The lowest BCUT2D eigenvalue weighted by atomic mass is 9.96. The Kier molecular flexibility index (Phi) is 9.33. The first-order valence-electron chi connectivity index (χ1n) is 14.2. The summed E-state index contributed by atoms with van der Waals surface area (Å²) in [5, 5.41) is 0.645. The second kappa shape index (κ2) is 12.2. The fourth-order valence-electron chi connectivity index (χ4n) is 4.94. The topological polar surface area (TPSA) is 76.0 Å². The fourth-order valence-corrected chi connectivity index (χ4v) is 5.99. The predicted octanol–water partition coefficient (Wildman–Crippen LogP) is 5.69. The van der Waals surface area contributed by atoms with Gasteiger partial charge in [-0.2, -0.15) is 0 Å². The van der Waals surface area contributed by atoms with E-state index in [0.29, 0.717) is 36.4 Å². The lowest BCUT2D eigenvalue weighted by Gasteiger charge is -2.35. The molecule has 0 aromatic carbocycles. The van der Waals surface area contributed by atoms with Gasteiger partial charge in [-0.15, -0.1) is 0 Å². The number of aliphatic imine (C=N–C) groups is 2. The highest BCUT2D eigenvalue weighted by Crippen LogP contribution is 2.32. The monoisotopic (exact) mass is 576 g/mol. The number of piperidine rings is 1. The Labute approximate surface area is 239 Å². The standard InChI is InChI=1S/C29H45ClN4O4Si/c1-20-11-12-21(17-22(20)27(35)38-29(2,3)4)37-28-31-24-18-23(30)25(33-13-9-8-10-14-33)32-26(24)34(28)19-36-15-16-39(5,6)7/h11-12,18,21,24,26H,8-10,13-17,19H2,1-7H3. The van der Waals surface area contributed by atoms with E-state index in [1.807, 2.05) is 50.8 Å². The van der Waals surface area contributed by atoms with E-state index in [0.717, 1.165) is 43.4 Å². The molecule has 3 atom stereocenters. The van der Waals surface area contributed by atoms with Crippen LogP contribution in [0.5, 0.6) is 0 Å². The third-order valence-corrected chi connectivity index (χ3v) is 9.14. The Morgan fingerprint density at radius 2 is 1.87 bits per heavy atom. The fraction of sp³-hybridized carbons (Fsp3) is 0.690. The minimum Gasteiger partial charge on any atom is -0.457 e. The third kappa shape index (κ3) is 7.98. The highest BCUT2D eigenvalue weighted by Gasteiger charge is 2.41. The molecule has 0 aromatic heterocycles. The van der Waals surface area contributed by atoms with Gasteiger partial charge in [0, 0.05) is 39.8 Å². The average Bonchev–Trinajstić information content (AvgIpc) is 3.16. The van der Waals surface area contributed by atoms with Gasteiger partial charge in [-0.1, -0.05) is 37.3 Å². The molecule has 3 aliphatic heterocycles. The van der Waals surface area contributed by atoms with Gasteiger partial charge < -0.3 is 19.1 Å². The van der Waals surface area contributed by atoms with Gasteiger partial charge in [0.25, 0.3) is 6.02 Å². The largest absolute Gasteiger partial charge is 0.457 e. The summed E-state index contributed by atoms with van der Waals surface area (Å²) in [6.07, 6.45) is 9.20. The zero-order valence-corrected chi connectivity index (χ0v) is 26.4. The molecule has 10 heteroatoms. The minimum absolute atomic E-state index is 0.253. The van der Waals surface area contributed by atoms with Crippen LogP contribution in [-0.2, 0) is 19.0 Å². The lowest BCUT2D eigenvalue weighted by molar-refractivity contribution is -0.150. The molecule has 39 heavy (non-hydrogen) atoms. The van der Waals surface area contributed by atoms with Crippen molar-refractivity contribution < 1.29 is 19.0 Å². The number of carbonyl (C=O) groups excluding carboxylic acids is 1. The number of hydrogen-bond acceptors (Lipinski definition) is 8. The summed E-state index contributed by atoms with van der Waals surface area (Å²) >= 11 is 6.73. The Bertz CT molecular complexity index is 1080. The first-order valence-corrected chi connectivity index (χ1v) is 18.3. The number of esters is 1. The first kappa shape index (κ1) is 29.9. The van der Waals surface area contributed by atoms with Crippen LogP contribution >= 0.6 is 11.6 Å². The van der Waals surface area contributed by atoms with E-state index in [9.17, 15) is 4.79 Å². The average molecular weight is 577 g/mol. The van der Waals surface area contributed by atoms with Crippen molar-refractivity contribution in [1.29, 1.82) is 0 Å². The summed E-state index contributed by atoms with van der Waals surface area (Å²) in [5.41, 5.74) is 0.954. The summed E-state index contributed by atoms with van der Waals surface area (Å²) in [7, 11) is -1.23. The minimum atomic E-state index is -1.23. The summed E-state index contributed by atoms with van der Waals surface area (Å²) in [5.74, 6) is 0.529. The molecule has 1 fully saturated rings. The van der Waals surface area contributed by atoms with Gasteiger partial charge in [0.05, 0.1) is 5.03 Å². The smallest absolute Gasteiger partial charge is 0.334 e. The third-order valence-electron chi connectivity index (χ3n) is 7.14. The number of hydrogen-bond donors (Lipinski definition) is 0. The van der Waals surface area contributed by atoms with Crippen LogP contribution in [0.2, 0.25) is 25.7 Å². The van der Waals surface area contributed by atoms with E-state index in [-0.39, 0.29) is 24.3 Å². The number of allylic oxidation sites excluding steroid dienone is 2. The number of halogens is 1. The summed E-state index contributed by atoms with van der Waals surface area (Å²) in [4.78, 5) is 27.2. The molecule has 0 N–H and O–H groups in total. The second-order valence-corrected chi connectivity index (χ2v) is 19.1. The van der Waals surface area contributed by atoms with Crippen LogP contribution in [0.4, 0.5) is 0 Å². The van der Waals surface area contributed by atoms with Crippen LogP contribution in [0.3, 0.4) is 0 Å². The van der Waals surface area contributed by atoms with Crippen LogP contribution in [0.25, 0.3) is 0 Å². The Balaban J connectivity index is 1.51. The predicted molar refractivity (Wildman–Crippen MR) is 160 cm³/mol. The van der Waals surface area contributed by atoms with Gasteiger partial charge in [-0.3, -0.25) is 4.90 Å². The number of fused-ring (bicyclic) bond motifs is 1. The van der Waals surface area contributed by atoms with Crippen LogP contribution in [0, 0.1) is 0 Å². The number of nitrogens with zero attached hydrogens (tertiary/aromatic N) is 4. The van der Waals surface area contributed by atoms with Crippen molar-refractivity contribution in [2.45, 2.75) is 103 Å². The molecule has 4 aliphatic rings. The summed E-state index contributed by atoms with van der Waals surface area (Å²) in [6.45, 7) is 17.5. The van der Waals surface area contributed by atoms with Crippen LogP contribution in [0.1, 0.15) is 53.4 Å². The maximum atomic E-state index is 12.9. The maximum absolute atomic E-state index is 12.9. The molecule has 0 spiro atoms. The molecule has 0 aromatic rings. The lowest BCUT2D eigenvalue weighted by Crippen LogP contribution is -2.46. The van der Waals surface area contributed by atoms with Crippen LogP contribution in [-0.4, -0.2) is 86.0 Å². The van der Waals surface area contributed by atoms with Crippen molar-refractivity contribution in [2.24, 2.45) is 9.98 Å². The zero-order chi connectivity index (χ0) is 28.4. The van der Waals surface area contributed by atoms with Crippen molar-refractivity contribution in [3.8, 4) is 0 Å². The molecule has 8 nitrogen and oxygen atoms in total. The molecule has 4 rings (SSSR count). The van der Waals surface area contributed by atoms with Crippen molar-refractivity contribution in [3.05, 3.63) is 34.4 Å². The Hall–Kier alpha value is -2.10. The molecule has 1 aliphatic carbocycles. The normalized spacial score (nSPS) is 25.7. The maximum Gasteiger partial charge on any atom is 0.334 e. The number of carbonyl (C=O) groups is 1. The quantitative estimate of drug-likeness (QED) is 0.220. The van der Waals surface area contributed by atoms with Gasteiger partial charge in [-0.05, 0) is 70.7 Å². The number of dihydropyridines is 1. The van der Waals surface area contributed by atoms with Crippen LogP contribution < -0.4 is 0 Å². The van der Waals surface area contributed by atoms with Gasteiger partial charge in [-0.25, -0.2) is 14.8 Å². The SMILES string of the molecule is CC1=C(C(=O)OC(C)(C)C)CC(OC2=NC3C=C(Cl)C(N4CCCCC4)=NC3N2COCC[Si](C)(C)C)C=C1. The van der Waals surface area contributed by atoms with E-state index >= 15 is 0 Å². The van der Waals surface area contributed by atoms with Gasteiger partial charge in [0.2, 0.25) is 0 Å². The molecule has 216 valence electrons. The molecule has 0 saturated carbocycles.